The number of carbonyl (C=O) groups excluding carboxylic acids is 1. The van der Waals surface area contributed by atoms with E-state index in [4.69, 9.17) is 5.73 Å². The van der Waals surface area contributed by atoms with Gasteiger partial charge in [-0.1, -0.05) is 36.4 Å². The van der Waals surface area contributed by atoms with Gasteiger partial charge in [-0.05, 0) is 47.3 Å². The lowest BCUT2D eigenvalue weighted by Crippen LogP contribution is -2.33. The molecule has 0 heterocycles. The lowest BCUT2D eigenvalue weighted by molar-refractivity contribution is -0.121. The molecule has 2 aromatic rings. The van der Waals surface area contributed by atoms with Gasteiger partial charge >= 0.3 is 0 Å². The van der Waals surface area contributed by atoms with Gasteiger partial charge in [0.25, 0.3) is 0 Å². The topological polar surface area (TPSA) is 55.1 Å². The maximum Gasteiger partial charge on any atom is 0.220 e. The molecule has 2 aromatic carbocycles. The Hall–Kier alpha value is -1.23. The summed E-state index contributed by atoms with van der Waals surface area (Å²) in [4.78, 5) is 12.0. The molecular formula is C18H25ClN2OS. The van der Waals surface area contributed by atoms with Gasteiger partial charge in [0.2, 0.25) is 5.91 Å². The predicted molar refractivity (Wildman–Crippen MR) is 103 cm³/mol. The van der Waals surface area contributed by atoms with Crippen LogP contribution in [0.4, 0.5) is 0 Å². The minimum atomic E-state index is -0.113. The van der Waals surface area contributed by atoms with Gasteiger partial charge in [0.1, 0.15) is 0 Å². The van der Waals surface area contributed by atoms with Gasteiger partial charge in [-0.2, -0.15) is 11.8 Å². The Bertz CT molecular complexity index is 621. The van der Waals surface area contributed by atoms with Crippen LogP contribution in [-0.2, 0) is 4.79 Å². The van der Waals surface area contributed by atoms with Crippen molar-refractivity contribution in [2.45, 2.75) is 25.3 Å². The van der Waals surface area contributed by atoms with Crippen LogP contribution in [0.2, 0.25) is 0 Å². The summed E-state index contributed by atoms with van der Waals surface area (Å²) in [7, 11) is 0. The van der Waals surface area contributed by atoms with Crippen LogP contribution in [0.15, 0.2) is 42.5 Å². The first-order valence-corrected chi connectivity index (χ1v) is 9.11. The Morgan fingerprint density at radius 3 is 2.61 bits per heavy atom. The van der Waals surface area contributed by atoms with Crippen LogP contribution in [0.25, 0.3) is 10.8 Å². The summed E-state index contributed by atoms with van der Waals surface area (Å²) in [6, 6.07) is 14.3. The third-order valence-electron chi connectivity index (χ3n) is 3.75. The van der Waals surface area contributed by atoms with Crippen molar-refractivity contribution >= 4 is 40.8 Å². The average Bonchev–Trinajstić information content (AvgIpc) is 2.56. The van der Waals surface area contributed by atoms with Gasteiger partial charge in [-0.25, -0.2) is 0 Å². The zero-order chi connectivity index (χ0) is 15.8. The highest BCUT2D eigenvalue weighted by Gasteiger charge is 2.13. The molecule has 1 unspecified atom stereocenters. The SMILES string of the molecule is CSCCCCC(=O)NC(CN)c1ccc2ccccc2c1.Cl. The maximum absolute atomic E-state index is 12.0. The molecule has 5 heteroatoms. The number of nitrogens with two attached hydrogens (primary N) is 1. The van der Waals surface area contributed by atoms with Crippen LogP contribution in [0.1, 0.15) is 30.9 Å². The second kappa shape index (κ2) is 10.5. The van der Waals surface area contributed by atoms with Crippen molar-refractivity contribution in [3.8, 4) is 0 Å². The Morgan fingerprint density at radius 1 is 1.17 bits per heavy atom. The number of fused-ring (bicyclic) bond motifs is 1. The van der Waals surface area contributed by atoms with Gasteiger partial charge in [-0.15, -0.1) is 12.4 Å². The van der Waals surface area contributed by atoms with Crippen LogP contribution < -0.4 is 11.1 Å². The van der Waals surface area contributed by atoms with Gasteiger partial charge < -0.3 is 11.1 Å². The number of unbranched alkanes of at least 4 members (excludes halogenated alkanes) is 1. The van der Waals surface area contributed by atoms with Gasteiger partial charge in [0.05, 0.1) is 6.04 Å². The minimum absolute atomic E-state index is 0. The van der Waals surface area contributed by atoms with Crippen LogP contribution in [0.3, 0.4) is 0 Å². The standard InChI is InChI=1S/C18H24N2OS.ClH/c1-22-11-5-4-8-18(21)20-17(13-19)16-10-9-14-6-2-3-7-15(14)12-16;/h2-3,6-7,9-10,12,17H,4-5,8,11,13,19H2,1H3,(H,20,21);1H. The van der Waals surface area contributed by atoms with Crippen LogP contribution in [0.5, 0.6) is 0 Å². The lowest BCUT2D eigenvalue weighted by Gasteiger charge is -2.18. The van der Waals surface area contributed by atoms with Gasteiger partial charge in [0, 0.05) is 13.0 Å². The molecule has 0 aromatic heterocycles. The molecule has 0 bridgehead atoms. The maximum atomic E-state index is 12.0. The second-order valence-corrected chi connectivity index (χ2v) is 6.40. The molecule has 126 valence electrons. The molecule has 0 saturated heterocycles. The van der Waals surface area contributed by atoms with Gasteiger partial charge in [0.15, 0.2) is 0 Å². The van der Waals surface area contributed by atoms with E-state index in [9.17, 15) is 4.79 Å². The van der Waals surface area contributed by atoms with Gasteiger partial charge in [-0.3, -0.25) is 4.79 Å². The van der Waals surface area contributed by atoms with Crippen LogP contribution >= 0.6 is 24.2 Å². The van der Waals surface area contributed by atoms with E-state index in [0.717, 1.165) is 24.2 Å². The summed E-state index contributed by atoms with van der Waals surface area (Å²) in [6.07, 6.45) is 4.68. The molecule has 3 nitrogen and oxygen atoms in total. The number of thioether (sulfide) groups is 1. The summed E-state index contributed by atoms with van der Waals surface area (Å²) in [5, 5.41) is 5.43. The number of hydrogen-bond acceptors (Lipinski definition) is 3. The minimum Gasteiger partial charge on any atom is -0.348 e. The molecule has 0 saturated carbocycles. The average molecular weight is 353 g/mol. The summed E-state index contributed by atoms with van der Waals surface area (Å²) < 4.78 is 0. The monoisotopic (exact) mass is 352 g/mol. The van der Waals surface area contributed by atoms with E-state index in [2.05, 4.69) is 35.8 Å². The molecule has 0 radical (unpaired) electrons. The Morgan fingerprint density at radius 2 is 1.91 bits per heavy atom. The molecule has 2 rings (SSSR count). The van der Waals surface area contributed by atoms with Crippen molar-refractivity contribution < 1.29 is 4.79 Å². The largest absolute Gasteiger partial charge is 0.348 e. The molecule has 1 amide bonds. The molecule has 1 atom stereocenters. The summed E-state index contributed by atoms with van der Waals surface area (Å²) in [5.41, 5.74) is 6.92. The lowest BCUT2D eigenvalue weighted by atomic mass is 10.0. The van der Waals surface area contributed by atoms with E-state index < -0.39 is 0 Å². The van der Waals surface area contributed by atoms with E-state index in [1.165, 1.54) is 10.8 Å². The van der Waals surface area contributed by atoms with E-state index in [-0.39, 0.29) is 24.4 Å². The quantitative estimate of drug-likeness (QED) is 0.708. The normalized spacial score (nSPS) is 11.7. The third kappa shape index (κ3) is 6.05. The van der Waals surface area contributed by atoms with Crippen molar-refractivity contribution in [2.24, 2.45) is 5.73 Å². The summed E-state index contributed by atoms with van der Waals surface area (Å²) in [6.45, 7) is 0.412. The van der Waals surface area contributed by atoms with Crippen molar-refractivity contribution in [1.29, 1.82) is 0 Å². The Balaban J connectivity index is 0.00000264. The fourth-order valence-corrected chi connectivity index (χ4v) is 2.99. The number of nitrogens with one attached hydrogen (secondary N) is 1. The Kier molecular flexibility index (Phi) is 9.07. The van der Waals surface area contributed by atoms with Crippen molar-refractivity contribution in [2.75, 3.05) is 18.6 Å². The fourth-order valence-electron chi connectivity index (χ4n) is 2.50. The first-order valence-electron chi connectivity index (χ1n) is 7.71. The molecule has 23 heavy (non-hydrogen) atoms. The molecule has 3 N–H and O–H groups in total. The first kappa shape index (κ1) is 19.8. The number of hydrogen-bond donors (Lipinski definition) is 2. The molecule has 0 aliphatic rings. The van der Waals surface area contributed by atoms with Crippen molar-refractivity contribution in [1.82, 2.24) is 5.32 Å². The van der Waals surface area contributed by atoms with E-state index >= 15 is 0 Å². The summed E-state index contributed by atoms with van der Waals surface area (Å²) >= 11 is 1.82. The smallest absolute Gasteiger partial charge is 0.220 e. The van der Waals surface area contributed by atoms with E-state index in [1.54, 1.807) is 0 Å². The zero-order valence-corrected chi connectivity index (χ0v) is 15.1. The first-order chi connectivity index (χ1) is 10.7. The number of rotatable bonds is 8. The zero-order valence-electron chi connectivity index (χ0n) is 13.5. The number of amides is 1. The fraction of sp³-hybridized carbons (Fsp3) is 0.389. The Labute approximate surface area is 148 Å². The number of benzene rings is 2. The molecular weight excluding hydrogens is 328 g/mol. The molecule has 0 fully saturated rings. The second-order valence-electron chi connectivity index (χ2n) is 5.41. The van der Waals surface area contributed by atoms with Crippen LogP contribution in [-0.4, -0.2) is 24.5 Å². The highest BCUT2D eigenvalue weighted by molar-refractivity contribution is 7.98. The molecule has 0 aliphatic carbocycles. The predicted octanol–water partition coefficient (Wildman–Crippen LogP) is 3.91. The number of halogens is 1. The van der Waals surface area contributed by atoms with E-state index in [1.807, 2.05) is 30.0 Å². The third-order valence-corrected chi connectivity index (χ3v) is 4.45. The van der Waals surface area contributed by atoms with Crippen molar-refractivity contribution in [3.63, 3.8) is 0 Å². The summed E-state index contributed by atoms with van der Waals surface area (Å²) in [5.74, 6) is 1.20. The molecule has 0 spiro atoms. The highest BCUT2D eigenvalue weighted by atomic mass is 35.5. The van der Waals surface area contributed by atoms with Crippen molar-refractivity contribution in [3.05, 3.63) is 48.0 Å². The number of carbonyl (C=O) groups is 1. The van der Waals surface area contributed by atoms with Crippen LogP contribution in [0, 0.1) is 0 Å². The highest BCUT2D eigenvalue weighted by Crippen LogP contribution is 2.20. The molecule has 0 aliphatic heterocycles. The van der Waals surface area contributed by atoms with E-state index in [0.29, 0.717) is 13.0 Å².